The first-order valence-electron chi connectivity index (χ1n) is 5.16. The second-order valence-corrected chi connectivity index (χ2v) is 4.16. The number of hydrogen-bond donors (Lipinski definition) is 2. The van der Waals surface area contributed by atoms with Gasteiger partial charge in [0.2, 0.25) is 0 Å². The molecule has 1 aromatic rings. The van der Waals surface area contributed by atoms with E-state index in [1.54, 1.807) is 6.07 Å². The number of fused-ring (bicyclic) bond motifs is 1. The Bertz CT molecular complexity index is 331. The second kappa shape index (κ2) is 3.62. The second-order valence-electron chi connectivity index (χ2n) is 4.16. The third kappa shape index (κ3) is 1.62. The molecule has 0 fully saturated rings. The average Bonchev–Trinajstić information content (AvgIpc) is 2.17. The molecule has 2 rings (SSSR count). The van der Waals surface area contributed by atoms with Crippen LogP contribution in [0.15, 0.2) is 18.2 Å². The lowest BCUT2D eigenvalue weighted by atomic mass is 9.81. The summed E-state index contributed by atoms with van der Waals surface area (Å²) in [5, 5.41) is 19.1. The van der Waals surface area contributed by atoms with Gasteiger partial charge in [0.1, 0.15) is 5.75 Å². The molecule has 0 amide bonds. The number of hydrogen-bond acceptors (Lipinski definition) is 2. The van der Waals surface area contributed by atoms with Gasteiger partial charge in [0.05, 0.1) is 6.10 Å². The smallest absolute Gasteiger partial charge is 0.119 e. The fourth-order valence-corrected chi connectivity index (χ4v) is 2.23. The van der Waals surface area contributed by atoms with Gasteiger partial charge in [-0.25, -0.2) is 0 Å². The Balaban J connectivity index is 2.27. The average molecular weight is 192 g/mol. The van der Waals surface area contributed by atoms with Crippen LogP contribution < -0.4 is 0 Å². The van der Waals surface area contributed by atoms with Crippen molar-refractivity contribution in [3.05, 3.63) is 29.3 Å². The summed E-state index contributed by atoms with van der Waals surface area (Å²) in [6.45, 7) is 1.85. The van der Waals surface area contributed by atoms with E-state index < -0.39 is 0 Å². The molecule has 0 saturated heterocycles. The van der Waals surface area contributed by atoms with Crippen molar-refractivity contribution < 1.29 is 10.2 Å². The van der Waals surface area contributed by atoms with E-state index in [9.17, 15) is 10.2 Å². The van der Waals surface area contributed by atoms with Crippen LogP contribution in [0.3, 0.4) is 0 Å². The molecule has 0 bridgehead atoms. The molecule has 0 aromatic heterocycles. The van der Waals surface area contributed by atoms with Crippen LogP contribution in [0.25, 0.3) is 0 Å². The van der Waals surface area contributed by atoms with Gasteiger partial charge in [0.15, 0.2) is 0 Å². The summed E-state index contributed by atoms with van der Waals surface area (Å²) in [6, 6.07) is 5.66. The van der Waals surface area contributed by atoms with Crippen LogP contribution in [0.5, 0.6) is 5.75 Å². The van der Waals surface area contributed by atoms with Gasteiger partial charge in [-0.2, -0.15) is 0 Å². The summed E-state index contributed by atoms with van der Waals surface area (Å²) in [5.74, 6) is 0.760. The van der Waals surface area contributed by atoms with E-state index in [4.69, 9.17) is 0 Å². The minimum absolute atomic E-state index is 0.245. The molecule has 0 aliphatic heterocycles. The van der Waals surface area contributed by atoms with Gasteiger partial charge >= 0.3 is 0 Å². The number of phenols is 1. The minimum atomic E-state index is -0.245. The molecule has 2 N–H and O–H groups in total. The van der Waals surface area contributed by atoms with Gasteiger partial charge < -0.3 is 10.2 Å². The van der Waals surface area contributed by atoms with Crippen molar-refractivity contribution in [3.63, 3.8) is 0 Å². The molecular weight excluding hydrogens is 176 g/mol. The summed E-state index contributed by atoms with van der Waals surface area (Å²) >= 11 is 0. The Hall–Kier alpha value is -1.02. The third-order valence-corrected chi connectivity index (χ3v) is 3.18. The summed E-state index contributed by atoms with van der Waals surface area (Å²) in [4.78, 5) is 0. The van der Waals surface area contributed by atoms with E-state index in [1.165, 1.54) is 5.56 Å². The molecule has 76 valence electrons. The summed E-state index contributed by atoms with van der Waals surface area (Å²) in [5.41, 5.74) is 2.27. The Kier molecular flexibility index (Phi) is 2.46. The fourth-order valence-electron chi connectivity index (χ4n) is 2.23. The molecule has 2 atom stereocenters. The van der Waals surface area contributed by atoms with Gasteiger partial charge in [-0.3, -0.25) is 0 Å². The van der Waals surface area contributed by atoms with Crippen LogP contribution in [0.2, 0.25) is 0 Å². The largest absolute Gasteiger partial charge is 0.508 e. The number of aliphatic hydroxyl groups is 1. The van der Waals surface area contributed by atoms with Crippen molar-refractivity contribution in [2.45, 2.75) is 32.3 Å². The molecule has 14 heavy (non-hydrogen) atoms. The molecule has 0 heterocycles. The molecule has 2 unspecified atom stereocenters. The maximum Gasteiger partial charge on any atom is 0.119 e. The summed E-state index contributed by atoms with van der Waals surface area (Å²) < 4.78 is 0. The Morgan fingerprint density at radius 3 is 2.93 bits per heavy atom. The number of phenolic OH excluding ortho intramolecular Hbond substituents is 1. The Morgan fingerprint density at radius 1 is 1.43 bits per heavy atom. The van der Waals surface area contributed by atoms with Gasteiger partial charge in [-0.05, 0) is 49.3 Å². The number of rotatable bonds is 1. The highest BCUT2D eigenvalue weighted by Crippen LogP contribution is 2.32. The maximum atomic E-state index is 9.62. The predicted octanol–water partition coefficient (Wildman–Crippen LogP) is 1.88. The monoisotopic (exact) mass is 192 g/mol. The van der Waals surface area contributed by atoms with E-state index in [0.717, 1.165) is 24.8 Å². The minimum Gasteiger partial charge on any atom is -0.508 e. The zero-order chi connectivity index (χ0) is 10.1. The van der Waals surface area contributed by atoms with Gasteiger partial charge in [-0.15, -0.1) is 0 Å². The summed E-state index contributed by atoms with van der Waals surface area (Å²) in [6.07, 6.45) is 2.51. The van der Waals surface area contributed by atoms with E-state index in [-0.39, 0.29) is 6.10 Å². The highest BCUT2D eigenvalue weighted by atomic mass is 16.3. The molecule has 0 radical (unpaired) electrons. The molecule has 2 heteroatoms. The maximum absolute atomic E-state index is 9.62. The molecule has 0 spiro atoms. The lowest BCUT2D eigenvalue weighted by molar-refractivity contribution is 0.116. The van der Waals surface area contributed by atoms with Crippen molar-refractivity contribution >= 4 is 0 Å². The lowest BCUT2D eigenvalue weighted by Gasteiger charge is -2.26. The molecule has 2 nitrogen and oxygen atoms in total. The quantitative estimate of drug-likeness (QED) is 0.713. The zero-order valence-electron chi connectivity index (χ0n) is 8.40. The first kappa shape index (κ1) is 9.53. The Labute approximate surface area is 84.2 Å². The van der Waals surface area contributed by atoms with E-state index in [1.807, 2.05) is 19.1 Å². The lowest BCUT2D eigenvalue weighted by Crippen LogP contribution is -2.24. The standard InChI is InChI=1S/C12H16O2/c1-8(13)9-5-6-11-10(7-9)3-2-4-12(11)14/h2-4,8-9,13-14H,5-7H2,1H3. The number of aromatic hydroxyl groups is 1. The SMILES string of the molecule is CC(O)C1CCc2c(O)cccc2C1. The van der Waals surface area contributed by atoms with Gasteiger partial charge in [0, 0.05) is 0 Å². The van der Waals surface area contributed by atoms with Crippen LogP contribution in [0.4, 0.5) is 0 Å². The van der Waals surface area contributed by atoms with E-state index >= 15 is 0 Å². The van der Waals surface area contributed by atoms with E-state index in [0.29, 0.717) is 11.7 Å². The Morgan fingerprint density at radius 2 is 2.21 bits per heavy atom. The highest BCUT2D eigenvalue weighted by Gasteiger charge is 2.23. The van der Waals surface area contributed by atoms with Crippen molar-refractivity contribution in [1.82, 2.24) is 0 Å². The third-order valence-electron chi connectivity index (χ3n) is 3.18. The molecule has 1 aliphatic rings. The normalized spacial score (nSPS) is 22.9. The predicted molar refractivity (Wildman–Crippen MR) is 55.3 cm³/mol. The number of aliphatic hydroxyl groups excluding tert-OH is 1. The molecule has 0 saturated carbocycles. The highest BCUT2D eigenvalue weighted by molar-refractivity contribution is 5.41. The van der Waals surface area contributed by atoms with Crippen LogP contribution >= 0.6 is 0 Å². The van der Waals surface area contributed by atoms with E-state index in [2.05, 4.69) is 0 Å². The van der Waals surface area contributed by atoms with Gasteiger partial charge in [0.25, 0.3) is 0 Å². The van der Waals surface area contributed by atoms with Crippen molar-refractivity contribution in [2.75, 3.05) is 0 Å². The van der Waals surface area contributed by atoms with Crippen molar-refractivity contribution in [1.29, 1.82) is 0 Å². The molecular formula is C12H16O2. The zero-order valence-corrected chi connectivity index (χ0v) is 8.40. The number of benzene rings is 1. The van der Waals surface area contributed by atoms with Crippen LogP contribution in [-0.4, -0.2) is 16.3 Å². The first-order valence-corrected chi connectivity index (χ1v) is 5.16. The fraction of sp³-hybridized carbons (Fsp3) is 0.500. The van der Waals surface area contributed by atoms with Crippen molar-refractivity contribution in [2.24, 2.45) is 5.92 Å². The van der Waals surface area contributed by atoms with Crippen LogP contribution in [0, 0.1) is 5.92 Å². The van der Waals surface area contributed by atoms with Crippen molar-refractivity contribution in [3.8, 4) is 5.75 Å². The van der Waals surface area contributed by atoms with Gasteiger partial charge in [-0.1, -0.05) is 12.1 Å². The molecule has 1 aromatic carbocycles. The van der Waals surface area contributed by atoms with Crippen LogP contribution in [-0.2, 0) is 12.8 Å². The van der Waals surface area contributed by atoms with Crippen LogP contribution in [0.1, 0.15) is 24.5 Å². The molecule has 1 aliphatic carbocycles. The summed E-state index contributed by atoms with van der Waals surface area (Å²) in [7, 11) is 0. The topological polar surface area (TPSA) is 40.5 Å². The first-order chi connectivity index (χ1) is 6.68.